The van der Waals surface area contributed by atoms with E-state index in [1.165, 1.54) is 32.4 Å². The maximum absolute atomic E-state index is 12.4. The van der Waals surface area contributed by atoms with E-state index in [9.17, 15) is 27.6 Å². The number of nitrogens with one attached hydrogen (secondary N) is 2. The van der Waals surface area contributed by atoms with Gasteiger partial charge in [-0.25, -0.2) is 4.98 Å². The molecule has 0 aliphatic rings. The van der Waals surface area contributed by atoms with Gasteiger partial charge in [-0.3, -0.25) is 14.4 Å². The van der Waals surface area contributed by atoms with Crippen LogP contribution in [0.2, 0.25) is 0 Å². The van der Waals surface area contributed by atoms with E-state index in [1.807, 2.05) is 30.3 Å². The number of carbonyl (C=O) groups excluding carboxylic acids is 3. The zero-order valence-electron chi connectivity index (χ0n) is 21.2. The van der Waals surface area contributed by atoms with Crippen molar-refractivity contribution in [1.29, 1.82) is 0 Å². The first-order valence-electron chi connectivity index (χ1n) is 11.4. The fourth-order valence-corrected chi connectivity index (χ4v) is 3.20. The lowest BCUT2D eigenvalue weighted by molar-refractivity contribution is -0.147. The van der Waals surface area contributed by atoms with Gasteiger partial charge >= 0.3 is 18.1 Å². The second-order valence-corrected chi connectivity index (χ2v) is 8.34. The highest BCUT2D eigenvalue weighted by molar-refractivity contribution is 7.71. The lowest BCUT2D eigenvalue weighted by Gasteiger charge is -2.14. The van der Waals surface area contributed by atoms with Crippen molar-refractivity contribution in [2.75, 3.05) is 13.7 Å². The smallest absolute Gasteiger partial charge is 0.417 e. The molecule has 1 aromatic carbocycles. The van der Waals surface area contributed by atoms with Crippen LogP contribution in [0.4, 0.5) is 13.2 Å². The number of rotatable bonds is 8. The monoisotopic (exact) mass is 565 g/mol. The van der Waals surface area contributed by atoms with Crippen LogP contribution < -0.4 is 14.8 Å². The number of ether oxygens (including phenoxy) is 3. The minimum Gasteiger partial charge on any atom is -0.493 e. The van der Waals surface area contributed by atoms with E-state index in [0.29, 0.717) is 6.42 Å². The van der Waals surface area contributed by atoms with Crippen molar-refractivity contribution in [3.8, 4) is 11.5 Å². The van der Waals surface area contributed by atoms with Crippen LogP contribution in [0.15, 0.2) is 60.9 Å². The Morgan fingerprint density at radius 3 is 2.36 bits per heavy atom. The molecule has 3 rings (SSSR count). The summed E-state index contributed by atoms with van der Waals surface area (Å²) >= 11 is 4.57. The third-order valence-corrected chi connectivity index (χ3v) is 5.01. The molecular weight excluding hydrogens is 539 g/mol. The van der Waals surface area contributed by atoms with E-state index in [0.717, 1.165) is 17.8 Å². The molecule has 3 aromatic rings. The molecule has 0 fully saturated rings. The highest BCUT2D eigenvalue weighted by Gasteiger charge is 2.30. The number of pyridine rings is 2. The van der Waals surface area contributed by atoms with Crippen LogP contribution in [-0.2, 0) is 26.9 Å². The number of aromatic nitrogens is 2. The molecule has 0 aliphatic carbocycles. The Bertz CT molecular complexity index is 1310. The van der Waals surface area contributed by atoms with Gasteiger partial charge in [-0.2, -0.15) is 13.2 Å². The average Bonchev–Trinajstić information content (AvgIpc) is 2.87. The van der Waals surface area contributed by atoms with Gasteiger partial charge in [0.1, 0.15) is 17.3 Å². The second-order valence-electron chi connectivity index (χ2n) is 7.90. The molecule has 1 unspecified atom stereocenters. The number of hydrogen-bond acceptors (Lipinski definition) is 8. The zero-order chi connectivity index (χ0) is 29.0. The van der Waals surface area contributed by atoms with Crippen molar-refractivity contribution in [3.05, 3.63) is 82.4 Å². The van der Waals surface area contributed by atoms with E-state index in [-0.39, 0.29) is 34.5 Å². The molecule has 39 heavy (non-hydrogen) atoms. The van der Waals surface area contributed by atoms with Gasteiger partial charge in [0.25, 0.3) is 5.91 Å². The second kappa shape index (κ2) is 14.6. The van der Waals surface area contributed by atoms with E-state index >= 15 is 0 Å². The fraction of sp³-hybridized carbons (Fsp3) is 0.269. The number of aromatic amines is 1. The summed E-state index contributed by atoms with van der Waals surface area (Å²) in [6, 6.07) is 13.2. The Morgan fingerprint density at radius 1 is 1.10 bits per heavy atom. The molecule has 1 atom stereocenters. The van der Waals surface area contributed by atoms with Crippen LogP contribution in [0, 0.1) is 4.64 Å². The molecule has 2 N–H and O–H groups in total. The highest BCUT2D eigenvalue weighted by atomic mass is 32.1. The minimum absolute atomic E-state index is 0.110. The third-order valence-electron chi connectivity index (χ3n) is 4.75. The van der Waals surface area contributed by atoms with Gasteiger partial charge in [0.2, 0.25) is 5.75 Å². The first-order valence-corrected chi connectivity index (χ1v) is 11.8. The quantitative estimate of drug-likeness (QED) is 0.299. The summed E-state index contributed by atoms with van der Waals surface area (Å²) in [7, 11) is 1.37. The zero-order valence-corrected chi connectivity index (χ0v) is 22.0. The summed E-state index contributed by atoms with van der Waals surface area (Å²) in [6.45, 7) is 2.62. The van der Waals surface area contributed by atoms with E-state index < -0.39 is 29.6 Å². The number of carbonyl (C=O) groups is 3. The molecule has 0 saturated carbocycles. The van der Waals surface area contributed by atoms with Crippen molar-refractivity contribution in [1.82, 2.24) is 15.3 Å². The predicted octanol–water partition coefficient (Wildman–Crippen LogP) is 4.68. The molecular formula is C26H26F3N3O6S. The van der Waals surface area contributed by atoms with Crippen molar-refractivity contribution in [3.63, 3.8) is 0 Å². The first-order chi connectivity index (χ1) is 18.4. The molecule has 208 valence electrons. The van der Waals surface area contributed by atoms with Gasteiger partial charge in [0, 0.05) is 31.8 Å². The van der Waals surface area contributed by atoms with Crippen LogP contribution in [0.3, 0.4) is 0 Å². The predicted molar refractivity (Wildman–Crippen MR) is 137 cm³/mol. The normalized spacial score (nSPS) is 11.3. The molecule has 2 heterocycles. The first kappa shape index (κ1) is 31.0. The number of nitrogens with zero attached hydrogens (tertiary/aromatic N) is 1. The van der Waals surface area contributed by atoms with Gasteiger partial charge in [-0.05, 0) is 24.6 Å². The molecule has 2 aromatic heterocycles. The van der Waals surface area contributed by atoms with Crippen LogP contribution in [0.1, 0.15) is 35.5 Å². The maximum atomic E-state index is 12.4. The molecule has 0 aliphatic heterocycles. The number of amides is 1. The molecule has 1 amide bonds. The van der Waals surface area contributed by atoms with Crippen molar-refractivity contribution in [2.24, 2.45) is 0 Å². The number of hydrogen-bond donors (Lipinski definition) is 2. The van der Waals surface area contributed by atoms with Gasteiger partial charge in [-0.15, -0.1) is 0 Å². The fourth-order valence-electron chi connectivity index (χ4n) is 3.07. The molecule has 0 saturated heterocycles. The third kappa shape index (κ3) is 10.6. The van der Waals surface area contributed by atoms with Crippen molar-refractivity contribution >= 4 is 30.1 Å². The number of halogens is 3. The summed E-state index contributed by atoms with van der Waals surface area (Å²) in [6.07, 6.45) is -1.89. The SMILES string of the molecule is COc1ccnc(C(=O)NCC(=O)OC(C)Cc2ccccc2)c1OC(C)=O.FC(F)(F)c1ccc(=S)[nH]c1. The summed E-state index contributed by atoms with van der Waals surface area (Å²) in [5.74, 6) is -1.85. The van der Waals surface area contributed by atoms with Gasteiger partial charge < -0.3 is 24.5 Å². The Hall–Kier alpha value is -4.26. The lowest BCUT2D eigenvalue weighted by atomic mass is 10.1. The number of methoxy groups -OCH3 is 1. The number of alkyl halides is 3. The van der Waals surface area contributed by atoms with E-state index in [4.69, 9.17) is 14.2 Å². The summed E-state index contributed by atoms with van der Waals surface area (Å²) < 4.78 is 51.3. The van der Waals surface area contributed by atoms with Gasteiger partial charge in [0.05, 0.1) is 12.7 Å². The largest absolute Gasteiger partial charge is 0.493 e. The summed E-state index contributed by atoms with van der Waals surface area (Å²) in [4.78, 5) is 41.9. The van der Waals surface area contributed by atoms with Crippen LogP contribution in [-0.4, -0.2) is 47.6 Å². The molecule has 0 radical (unpaired) electrons. The number of benzene rings is 1. The van der Waals surface area contributed by atoms with Crippen LogP contribution in [0.5, 0.6) is 11.5 Å². The maximum Gasteiger partial charge on any atom is 0.417 e. The Balaban J connectivity index is 0.000000404. The Labute approximate surface area is 227 Å². The molecule has 9 nitrogen and oxygen atoms in total. The highest BCUT2D eigenvalue weighted by Crippen LogP contribution is 2.29. The summed E-state index contributed by atoms with van der Waals surface area (Å²) in [5, 5.41) is 2.41. The number of esters is 2. The van der Waals surface area contributed by atoms with Gasteiger partial charge in [-0.1, -0.05) is 42.5 Å². The Kier molecular flexibility index (Phi) is 11.6. The van der Waals surface area contributed by atoms with Crippen molar-refractivity contribution < 1.29 is 41.8 Å². The lowest BCUT2D eigenvalue weighted by Crippen LogP contribution is -2.33. The average molecular weight is 566 g/mol. The minimum atomic E-state index is -4.29. The molecule has 13 heteroatoms. The summed E-state index contributed by atoms with van der Waals surface area (Å²) in [5.41, 5.74) is 0.157. The van der Waals surface area contributed by atoms with Crippen LogP contribution in [0.25, 0.3) is 0 Å². The molecule has 0 bridgehead atoms. The standard InChI is InChI=1S/C20H22N2O6.C6H4F3NS/c1-13(11-15-7-5-4-6-8-15)27-17(24)12-22-20(25)18-19(28-14(2)23)16(26-3)9-10-21-18;7-6(8,9)4-1-2-5(11)10-3-4/h4-10,13H,11-12H2,1-3H3,(H,22,25);1-3H,(H,10,11). The van der Waals surface area contributed by atoms with E-state index in [2.05, 4.69) is 27.5 Å². The van der Waals surface area contributed by atoms with Crippen LogP contribution >= 0.6 is 12.2 Å². The van der Waals surface area contributed by atoms with Gasteiger partial charge in [0.15, 0.2) is 11.4 Å². The number of H-pyrrole nitrogens is 1. The Morgan fingerprint density at radius 2 is 1.79 bits per heavy atom. The molecule has 0 spiro atoms. The topological polar surface area (TPSA) is 120 Å². The van der Waals surface area contributed by atoms with E-state index in [1.54, 1.807) is 6.92 Å². The van der Waals surface area contributed by atoms with Crippen molar-refractivity contribution in [2.45, 2.75) is 32.5 Å².